The number of fused-ring (bicyclic) bond motifs is 1. The van der Waals surface area contributed by atoms with Crippen LogP contribution in [0.15, 0.2) is 24.3 Å². The highest BCUT2D eigenvalue weighted by molar-refractivity contribution is 5.71. The number of ether oxygens (including phenoxy) is 1. The van der Waals surface area contributed by atoms with E-state index in [-0.39, 0.29) is 5.60 Å². The van der Waals surface area contributed by atoms with Gasteiger partial charge in [0.05, 0.1) is 17.8 Å². The standard InChI is InChI=1S/C18H21N5O/c1-11-6-4-5-7-15(11)21-16-13(9-19)12-8-18(2,3)24-10-14(12)17(22-16)23-20/h4-7H,8,10,20H2,1-3H3,(H2,21,22,23). The summed E-state index contributed by atoms with van der Waals surface area (Å²) in [5.41, 5.74) is 6.63. The van der Waals surface area contributed by atoms with Gasteiger partial charge < -0.3 is 15.5 Å². The van der Waals surface area contributed by atoms with Gasteiger partial charge in [-0.05, 0) is 38.0 Å². The fourth-order valence-electron chi connectivity index (χ4n) is 2.94. The van der Waals surface area contributed by atoms with Crippen LogP contribution in [0.5, 0.6) is 0 Å². The summed E-state index contributed by atoms with van der Waals surface area (Å²) < 4.78 is 5.85. The van der Waals surface area contributed by atoms with Crippen molar-refractivity contribution < 1.29 is 4.74 Å². The van der Waals surface area contributed by atoms with Crippen LogP contribution >= 0.6 is 0 Å². The van der Waals surface area contributed by atoms with Crippen LogP contribution in [-0.4, -0.2) is 10.6 Å². The van der Waals surface area contributed by atoms with E-state index in [0.29, 0.717) is 30.2 Å². The molecule has 0 fully saturated rings. The number of nitrogens with one attached hydrogen (secondary N) is 2. The third kappa shape index (κ3) is 2.92. The van der Waals surface area contributed by atoms with Crippen molar-refractivity contribution >= 4 is 17.3 Å². The van der Waals surface area contributed by atoms with Crippen molar-refractivity contribution in [3.63, 3.8) is 0 Å². The maximum absolute atomic E-state index is 9.73. The van der Waals surface area contributed by atoms with Crippen molar-refractivity contribution in [2.75, 3.05) is 10.7 Å². The van der Waals surface area contributed by atoms with Gasteiger partial charge in [0, 0.05) is 17.7 Å². The highest BCUT2D eigenvalue weighted by Gasteiger charge is 2.31. The van der Waals surface area contributed by atoms with Crippen molar-refractivity contribution in [3.05, 3.63) is 46.5 Å². The highest BCUT2D eigenvalue weighted by atomic mass is 16.5. The molecule has 0 spiro atoms. The molecular weight excluding hydrogens is 302 g/mol. The van der Waals surface area contributed by atoms with Gasteiger partial charge in [-0.2, -0.15) is 5.26 Å². The molecule has 6 heteroatoms. The molecule has 0 amide bonds. The monoisotopic (exact) mass is 323 g/mol. The van der Waals surface area contributed by atoms with E-state index in [4.69, 9.17) is 10.6 Å². The Kier molecular flexibility index (Phi) is 4.14. The number of pyridine rings is 1. The predicted molar refractivity (Wildman–Crippen MR) is 93.8 cm³/mol. The zero-order valence-corrected chi connectivity index (χ0v) is 14.1. The normalized spacial score (nSPS) is 15.3. The largest absolute Gasteiger partial charge is 0.370 e. The minimum atomic E-state index is -0.328. The van der Waals surface area contributed by atoms with Crippen LogP contribution in [-0.2, 0) is 17.8 Å². The minimum Gasteiger partial charge on any atom is -0.370 e. The van der Waals surface area contributed by atoms with Crippen LogP contribution in [0.1, 0.15) is 36.1 Å². The van der Waals surface area contributed by atoms with Crippen LogP contribution in [0.4, 0.5) is 17.3 Å². The molecule has 0 unspecified atom stereocenters. The maximum Gasteiger partial charge on any atom is 0.151 e. The molecule has 0 saturated heterocycles. The Morgan fingerprint density at radius 3 is 2.67 bits per heavy atom. The Morgan fingerprint density at radius 2 is 2.00 bits per heavy atom. The van der Waals surface area contributed by atoms with Crippen molar-refractivity contribution in [1.29, 1.82) is 5.26 Å². The van der Waals surface area contributed by atoms with Gasteiger partial charge in [-0.3, -0.25) is 0 Å². The fourth-order valence-corrected chi connectivity index (χ4v) is 2.94. The number of benzene rings is 1. The number of nitrogens with zero attached hydrogens (tertiary/aromatic N) is 2. The molecule has 0 aliphatic carbocycles. The van der Waals surface area contributed by atoms with Crippen LogP contribution < -0.4 is 16.6 Å². The van der Waals surface area contributed by atoms with Gasteiger partial charge in [0.25, 0.3) is 0 Å². The van der Waals surface area contributed by atoms with E-state index in [1.165, 1.54) is 0 Å². The summed E-state index contributed by atoms with van der Waals surface area (Å²) in [4.78, 5) is 4.51. The minimum absolute atomic E-state index is 0.328. The second-order valence-electron chi connectivity index (χ2n) is 6.56. The van der Waals surface area contributed by atoms with E-state index in [1.54, 1.807) is 0 Å². The van der Waals surface area contributed by atoms with Gasteiger partial charge >= 0.3 is 0 Å². The lowest BCUT2D eigenvalue weighted by Gasteiger charge is -2.33. The molecule has 0 saturated carbocycles. The average molecular weight is 323 g/mol. The summed E-state index contributed by atoms with van der Waals surface area (Å²) in [7, 11) is 0. The Bertz CT molecular complexity index is 823. The smallest absolute Gasteiger partial charge is 0.151 e. The summed E-state index contributed by atoms with van der Waals surface area (Å²) in [6.45, 7) is 6.42. The number of aromatic nitrogens is 1. The molecule has 24 heavy (non-hydrogen) atoms. The first-order valence-corrected chi connectivity index (χ1v) is 7.84. The molecule has 1 aliphatic rings. The van der Waals surface area contributed by atoms with Crippen molar-refractivity contribution in [2.24, 2.45) is 5.84 Å². The van der Waals surface area contributed by atoms with Gasteiger partial charge in [0.2, 0.25) is 0 Å². The Labute approximate surface area is 141 Å². The SMILES string of the molecule is Cc1ccccc1Nc1nc(NN)c2c(c1C#N)CC(C)(C)OC2. The number of nitrogen functional groups attached to an aromatic ring is 1. The number of anilines is 3. The van der Waals surface area contributed by atoms with E-state index >= 15 is 0 Å². The van der Waals surface area contributed by atoms with Crippen molar-refractivity contribution in [3.8, 4) is 6.07 Å². The van der Waals surface area contributed by atoms with E-state index in [9.17, 15) is 5.26 Å². The first-order valence-electron chi connectivity index (χ1n) is 7.84. The number of para-hydroxylation sites is 1. The third-order valence-corrected chi connectivity index (χ3v) is 4.27. The van der Waals surface area contributed by atoms with Crippen LogP contribution in [0, 0.1) is 18.3 Å². The molecule has 3 rings (SSSR count). The molecule has 0 atom stereocenters. The lowest BCUT2D eigenvalue weighted by atomic mass is 9.89. The highest BCUT2D eigenvalue weighted by Crippen LogP contribution is 2.36. The molecule has 0 radical (unpaired) electrons. The summed E-state index contributed by atoms with van der Waals surface area (Å²) in [6, 6.07) is 10.2. The summed E-state index contributed by atoms with van der Waals surface area (Å²) in [5.74, 6) is 6.69. The average Bonchev–Trinajstić information content (AvgIpc) is 2.55. The van der Waals surface area contributed by atoms with Gasteiger partial charge in [0.15, 0.2) is 5.82 Å². The van der Waals surface area contributed by atoms with Gasteiger partial charge in [-0.15, -0.1) is 0 Å². The first-order chi connectivity index (χ1) is 11.4. The summed E-state index contributed by atoms with van der Waals surface area (Å²) in [6.07, 6.45) is 0.630. The van der Waals surface area contributed by atoms with Gasteiger partial charge in [-0.1, -0.05) is 18.2 Å². The molecule has 0 bridgehead atoms. The van der Waals surface area contributed by atoms with E-state index in [1.807, 2.05) is 45.0 Å². The topological polar surface area (TPSA) is 96.0 Å². The predicted octanol–water partition coefficient (Wildman–Crippen LogP) is 3.14. The molecule has 1 aliphatic heterocycles. The van der Waals surface area contributed by atoms with Crippen molar-refractivity contribution in [1.82, 2.24) is 4.98 Å². The zero-order valence-electron chi connectivity index (χ0n) is 14.1. The Morgan fingerprint density at radius 1 is 1.25 bits per heavy atom. The number of hydrazine groups is 1. The molecular formula is C18H21N5O. The molecule has 2 aromatic rings. The van der Waals surface area contributed by atoms with Crippen LogP contribution in [0.25, 0.3) is 0 Å². The summed E-state index contributed by atoms with van der Waals surface area (Å²) in [5, 5.41) is 13.0. The number of nitrogens with two attached hydrogens (primary N) is 1. The Balaban J connectivity index is 2.14. The van der Waals surface area contributed by atoms with Gasteiger partial charge in [-0.25, -0.2) is 10.8 Å². The van der Waals surface area contributed by atoms with Crippen LogP contribution in [0.3, 0.4) is 0 Å². The molecule has 124 valence electrons. The lowest BCUT2D eigenvalue weighted by molar-refractivity contribution is -0.0399. The number of nitriles is 1. The quantitative estimate of drug-likeness (QED) is 0.593. The second kappa shape index (κ2) is 6.11. The number of rotatable bonds is 3. The van der Waals surface area contributed by atoms with E-state index in [2.05, 4.69) is 21.8 Å². The maximum atomic E-state index is 9.73. The Hall–Kier alpha value is -2.62. The lowest BCUT2D eigenvalue weighted by Crippen LogP contribution is -2.33. The van der Waals surface area contributed by atoms with E-state index in [0.717, 1.165) is 22.4 Å². The molecule has 4 N–H and O–H groups in total. The van der Waals surface area contributed by atoms with E-state index < -0.39 is 0 Å². The molecule has 1 aromatic carbocycles. The number of hydrogen-bond donors (Lipinski definition) is 3. The third-order valence-electron chi connectivity index (χ3n) is 4.27. The fraction of sp³-hybridized carbons (Fsp3) is 0.333. The van der Waals surface area contributed by atoms with Gasteiger partial charge in [0.1, 0.15) is 11.9 Å². The van der Waals surface area contributed by atoms with Crippen LogP contribution in [0.2, 0.25) is 0 Å². The zero-order chi connectivity index (χ0) is 17.3. The number of aryl methyl sites for hydroxylation is 1. The second-order valence-corrected chi connectivity index (χ2v) is 6.56. The van der Waals surface area contributed by atoms with Crippen molar-refractivity contribution in [2.45, 2.75) is 39.4 Å². The molecule has 2 heterocycles. The first kappa shape index (κ1) is 16.2. The molecule has 6 nitrogen and oxygen atoms in total. The summed E-state index contributed by atoms with van der Waals surface area (Å²) >= 11 is 0. The number of hydrogen-bond acceptors (Lipinski definition) is 6. The molecule has 1 aromatic heterocycles.